The van der Waals surface area contributed by atoms with Gasteiger partial charge in [-0.15, -0.1) is 0 Å². The van der Waals surface area contributed by atoms with Gasteiger partial charge in [-0.2, -0.15) is 0 Å². The van der Waals surface area contributed by atoms with Crippen molar-refractivity contribution in [3.05, 3.63) is 17.7 Å². The van der Waals surface area contributed by atoms with Crippen LogP contribution in [0.4, 0.5) is 0 Å². The minimum absolute atomic E-state index is 0.340. The van der Waals surface area contributed by atoms with Gasteiger partial charge in [0.15, 0.2) is 0 Å². The van der Waals surface area contributed by atoms with E-state index in [1.165, 1.54) is 37.2 Å². The van der Waals surface area contributed by atoms with Crippen molar-refractivity contribution in [2.75, 3.05) is 0 Å². The van der Waals surface area contributed by atoms with Gasteiger partial charge in [-0.05, 0) is 25.7 Å². The maximum Gasteiger partial charge on any atom is 0.112 e. The summed E-state index contributed by atoms with van der Waals surface area (Å²) >= 11 is 0. The van der Waals surface area contributed by atoms with Crippen LogP contribution in [0, 0.1) is 0 Å². The number of aromatic nitrogens is 2. The predicted molar refractivity (Wildman–Crippen MR) is 59.7 cm³/mol. The molecule has 0 bridgehead atoms. The third-order valence-corrected chi connectivity index (χ3v) is 3.88. The molecule has 1 aliphatic heterocycles. The molecule has 1 aromatic heterocycles. The van der Waals surface area contributed by atoms with Gasteiger partial charge in [0.25, 0.3) is 0 Å². The van der Waals surface area contributed by atoms with Crippen LogP contribution in [0.3, 0.4) is 0 Å². The molecule has 2 aliphatic rings. The average molecular weight is 205 g/mol. The van der Waals surface area contributed by atoms with E-state index in [0.29, 0.717) is 12.0 Å². The average Bonchev–Trinajstić information content (AvgIpc) is 2.83. The summed E-state index contributed by atoms with van der Waals surface area (Å²) in [6.45, 7) is 0.987. The van der Waals surface area contributed by atoms with Crippen molar-refractivity contribution in [1.82, 2.24) is 9.55 Å². The first kappa shape index (κ1) is 9.40. The number of imidazole rings is 1. The zero-order chi connectivity index (χ0) is 10.3. The lowest BCUT2D eigenvalue weighted by atomic mass is 10.0. The molecule has 1 unspecified atom stereocenters. The highest BCUT2D eigenvalue weighted by Gasteiger charge is 2.25. The van der Waals surface area contributed by atoms with Crippen LogP contribution in [0.15, 0.2) is 6.20 Å². The quantitative estimate of drug-likeness (QED) is 0.760. The van der Waals surface area contributed by atoms with Crippen molar-refractivity contribution in [3.8, 4) is 0 Å². The number of hydrogen-bond donors (Lipinski definition) is 1. The van der Waals surface area contributed by atoms with Gasteiger partial charge in [0, 0.05) is 30.4 Å². The molecule has 0 amide bonds. The molecule has 1 saturated carbocycles. The van der Waals surface area contributed by atoms with Gasteiger partial charge < -0.3 is 10.3 Å². The lowest BCUT2D eigenvalue weighted by Crippen LogP contribution is -2.32. The van der Waals surface area contributed by atoms with E-state index < -0.39 is 0 Å². The molecule has 3 nitrogen and oxygen atoms in total. The molecule has 2 heterocycles. The molecule has 0 aromatic carbocycles. The summed E-state index contributed by atoms with van der Waals surface area (Å²) in [5.41, 5.74) is 7.43. The van der Waals surface area contributed by atoms with Crippen molar-refractivity contribution in [2.45, 2.75) is 57.0 Å². The number of rotatable bonds is 1. The standard InChI is InChI=1S/C12H19N3/c13-10-5-6-11-7-14-12(15(11)8-10)9-3-1-2-4-9/h7,9-10H,1-6,8,13H2. The van der Waals surface area contributed by atoms with Crippen LogP contribution in [-0.4, -0.2) is 15.6 Å². The van der Waals surface area contributed by atoms with Crippen LogP contribution in [0.25, 0.3) is 0 Å². The van der Waals surface area contributed by atoms with E-state index in [4.69, 9.17) is 5.73 Å². The number of nitrogens with two attached hydrogens (primary N) is 1. The Labute approximate surface area is 90.7 Å². The second-order valence-electron chi connectivity index (χ2n) is 5.00. The Morgan fingerprint density at radius 3 is 2.87 bits per heavy atom. The maximum atomic E-state index is 6.03. The van der Waals surface area contributed by atoms with Crippen LogP contribution >= 0.6 is 0 Å². The minimum atomic E-state index is 0.340. The van der Waals surface area contributed by atoms with Gasteiger partial charge in [0.05, 0.1) is 0 Å². The minimum Gasteiger partial charge on any atom is -0.330 e. The topological polar surface area (TPSA) is 43.8 Å². The van der Waals surface area contributed by atoms with E-state index >= 15 is 0 Å². The van der Waals surface area contributed by atoms with E-state index in [-0.39, 0.29) is 0 Å². The second kappa shape index (κ2) is 3.63. The van der Waals surface area contributed by atoms with Crippen molar-refractivity contribution in [1.29, 1.82) is 0 Å². The summed E-state index contributed by atoms with van der Waals surface area (Å²) in [6, 6.07) is 0.340. The molecule has 15 heavy (non-hydrogen) atoms. The highest BCUT2D eigenvalue weighted by Crippen LogP contribution is 2.34. The highest BCUT2D eigenvalue weighted by molar-refractivity contribution is 5.13. The Hall–Kier alpha value is -0.830. The SMILES string of the molecule is NC1CCc2cnc(C3CCCC3)n2C1. The van der Waals surface area contributed by atoms with E-state index in [1.807, 2.05) is 0 Å². The van der Waals surface area contributed by atoms with E-state index in [2.05, 4.69) is 15.7 Å². The Kier molecular flexibility index (Phi) is 2.28. The number of hydrogen-bond acceptors (Lipinski definition) is 2. The summed E-state index contributed by atoms with van der Waals surface area (Å²) in [5.74, 6) is 2.03. The molecule has 2 N–H and O–H groups in total. The zero-order valence-corrected chi connectivity index (χ0v) is 9.15. The Morgan fingerprint density at radius 1 is 1.27 bits per heavy atom. The van der Waals surface area contributed by atoms with Crippen molar-refractivity contribution >= 4 is 0 Å². The van der Waals surface area contributed by atoms with Crippen LogP contribution < -0.4 is 5.73 Å². The smallest absolute Gasteiger partial charge is 0.112 e. The fourth-order valence-electron chi connectivity index (χ4n) is 3.01. The summed E-state index contributed by atoms with van der Waals surface area (Å²) < 4.78 is 2.39. The van der Waals surface area contributed by atoms with Gasteiger partial charge in [-0.25, -0.2) is 4.98 Å². The van der Waals surface area contributed by atoms with E-state index in [1.54, 1.807) is 0 Å². The summed E-state index contributed by atoms with van der Waals surface area (Å²) in [6.07, 6.45) is 9.70. The molecule has 1 atom stereocenters. The monoisotopic (exact) mass is 205 g/mol. The maximum absolute atomic E-state index is 6.03. The number of aryl methyl sites for hydroxylation is 1. The summed E-state index contributed by atoms with van der Waals surface area (Å²) in [7, 11) is 0. The number of fused-ring (bicyclic) bond motifs is 1. The second-order valence-corrected chi connectivity index (χ2v) is 5.00. The predicted octanol–water partition coefficient (Wildman–Crippen LogP) is 1.81. The third-order valence-electron chi connectivity index (χ3n) is 3.88. The van der Waals surface area contributed by atoms with Crippen LogP contribution in [0.5, 0.6) is 0 Å². The Morgan fingerprint density at radius 2 is 2.07 bits per heavy atom. The van der Waals surface area contributed by atoms with E-state index in [0.717, 1.165) is 19.4 Å². The van der Waals surface area contributed by atoms with Crippen LogP contribution in [0.1, 0.15) is 49.5 Å². The molecule has 3 heteroatoms. The van der Waals surface area contributed by atoms with Gasteiger partial charge in [0.2, 0.25) is 0 Å². The Balaban J connectivity index is 1.92. The third kappa shape index (κ3) is 1.59. The molecule has 1 fully saturated rings. The zero-order valence-electron chi connectivity index (χ0n) is 9.15. The van der Waals surface area contributed by atoms with E-state index in [9.17, 15) is 0 Å². The first-order chi connectivity index (χ1) is 7.34. The summed E-state index contributed by atoms with van der Waals surface area (Å²) in [5, 5.41) is 0. The molecule has 1 aliphatic carbocycles. The van der Waals surface area contributed by atoms with Gasteiger partial charge in [-0.1, -0.05) is 12.8 Å². The first-order valence-corrected chi connectivity index (χ1v) is 6.14. The number of nitrogens with zero attached hydrogens (tertiary/aromatic N) is 2. The molecule has 0 saturated heterocycles. The molecular weight excluding hydrogens is 186 g/mol. The highest BCUT2D eigenvalue weighted by atomic mass is 15.1. The van der Waals surface area contributed by atoms with Gasteiger partial charge in [0.1, 0.15) is 5.82 Å². The molecule has 0 radical (unpaired) electrons. The van der Waals surface area contributed by atoms with Crippen molar-refractivity contribution in [2.24, 2.45) is 5.73 Å². The fraction of sp³-hybridized carbons (Fsp3) is 0.750. The molecule has 1 aromatic rings. The van der Waals surface area contributed by atoms with Crippen LogP contribution in [-0.2, 0) is 13.0 Å². The van der Waals surface area contributed by atoms with Crippen molar-refractivity contribution < 1.29 is 0 Å². The normalized spacial score (nSPS) is 26.9. The molecule has 82 valence electrons. The largest absolute Gasteiger partial charge is 0.330 e. The van der Waals surface area contributed by atoms with Crippen molar-refractivity contribution in [3.63, 3.8) is 0 Å². The fourth-order valence-corrected chi connectivity index (χ4v) is 3.01. The lowest BCUT2D eigenvalue weighted by Gasteiger charge is -2.23. The summed E-state index contributed by atoms with van der Waals surface area (Å²) in [4.78, 5) is 4.62. The molecule has 0 spiro atoms. The Bertz CT molecular complexity index is 350. The van der Waals surface area contributed by atoms with Gasteiger partial charge >= 0.3 is 0 Å². The molecule has 3 rings (SSSR count). The molecular formula is C12H19N3. The lowest BCUT2D eigenvalue weighted by molar-refractivity contribution is 0.437. The van der Waals surface area contributed by atoms with Gasteiger partial charge in [-0.3, -0.25) is 0 Å². The van der Waals surface area contributed by atoms with Crippen LogP contribution in [0.2, 0.25) is 0 Å². The first-order valence-electron chi connectivity index (χ1n) is 6.14.